The van der Waals surface area contributed by atoms with Crippen LogP contribution in [0.25, 0.3) is 0 Å². The van der Waals surface area contributed by atoms with E-state index in [0.29, 0.717) is 6.04 Å². The molecule has 1 aromatic rings. The molecular weight excluding hydrogens is 330 g/mol. The largest absolute Gasteiger partial charge is 0.313 e. The lowest BCUT2D eigenvalue weighted by Crippen LogP contribution is -2.40. The van der Waals surface area contributed by atoms with Gasteiger partial charge in [-0.25, -0.2) is 0 Å². The lowest BCUT2D eigenvalue weighted by Gasteiger charge is -2.34. The van der Waals surface area contributed by atoms with Crippen LogP contribution in [0.4, 0.5) is 0 Å². The quantitative estimate of drug-likeness (QED) is 0.665. The third-order valence-corrected chi connectivity index (χ3v) is 6.46. The standard InChI is InChI=1S/C17H28BrNS/c1-3-9-19-17(11-16-10-15(18)12-20-16)14-7-5-13(4-2)6-8-14/h10,12-14,17,19H,3-9,11H2,1-2H3. The van der Waals surface area contributed by atoms with Gasteiger partial charge in [0, 0.05) is 20.8 Å². The van der Waals surface area contributed by atoms with Crippen LogP contribution in [0.2, 0.25) is 0 Å². The molecule has 0 bridgehead atoms. The Bertz CT molecular complexity index is 382. The Balaban J connectivity index is 1.92. The van der Waals surface area contributed by atoms with E-state index in [9.17, 15) is 0 Å². The van der Waals surface area contributed by atoms with Crippen LogP contribution in [0.1, 0.15) is 57.2 Å². The molecule has 0 aromatic carbocycles. The lowest BCUT2D eigenvalue weighted by atomic mass is 9.76. The average Bonchev–Trinajstić information content (AvgIpc) is 2.89. The summed E-state index contributed by atoms with van der Waals surface area (Å²) in [5, 5.41) is 6.03. The van der Waals surface area contributed by atoms with Crippen LogP contribution < -0.4 is 5.32 Å². The van der Waals surface area contributed by atoms with E-state index < -0.39 is 0 Å². The summed E-state index contributed by atoms with van der Waals surface area (Å²) in [5.74, 6) is 1.87. The molecule has 1 fully saturated rings. The van der Waals surface area contributed by atoms with Gasteiger partial charge in [-0.1, -0.05) is 33.1 Å². The molecule has 2 rings (SSSR count). The fourth-order valence-corrected chi connectivity index (χ4v) is 4.92. The number of nitrogens with one attached hydrogen (secondary N) is 1. The van der Waals surface area contributed by atoms with Crippen LogP contribution in [-0.4, -0.2) is 12.6 Å². The van der Waals surface area contributed by atoms with Crippen LogP contribution in [0, 0.1) is 11.8 Å². The SMILES string of the molecule is CCCNC(Cc1cc(Br)cs1)C1CCC(CC)CC1. The summed E-state index contributed by atoms with van der Waals surface area (Å²) in [7, 11) is 0. The van der Waals surface area contributed by atoms with Gasteiger partial charge in [-0.2, -0.15) is 0 Å². The zero-order valence-electron chi connectivity index (χ0n) is 12.8. The minimum absolute atomic E-state index is 0.679. The second-order valence-corrected chi connectivity index (χ2v) is 8.10. The topological polar surface area (TPSA) is 12.0 Å². The minimum Gasteiger partial charge on any atom is -0.313 e. The highest BCUT2D eigenvalue weighted by atomic mass is 79.9. The summed E-state index contributed by atoms with van der Waals surface area (Å²) < 4.78 is 1.24. The zero-order valence-corrected chi connectivity index (χ0v) is 15.2. The first kappa shape index (κ1) is 16.5. The first-order valence-electron chi connectivity index (χ1n) is 8.19. The van der Waals surface area contributed by atoms with E-state index in [4.69, 9.17) is 0 Å². The lowest BCUT2D eigenvalue weighted by molar-refractivity contribution is 0.217. The first-order chi connectivity index (χ1) is 9.72. The molecule has 1 N–H and O–H groups in total. The summed E-state index contributed by atoms with van der Waals surface area (Å²) in [5.41, 5.74) is 0. The second kappa shape index (κ2) is 8.55. The molecule has 1 aliphatic carbocycles. The van der Waals surface area contributed by atoms with E-state index >= 15 is 0 Å². The number of rotatable bonds is 7. The molecule has 1 atom stereocenters. The molecule has 1 unspecified atom stereocenters. The van der Waals surface area contributed by atoms with Crippen LogP contribution >= 0.6 is 27.3 Å². The Hall–Kier alpha value is 0.140. The van der Waals surface area contributed by atoms with Gasteiger partial charge in [0.05, 0.1) is 0 Å². The summed E-state index contributed by atoms with van der Waals surface area (Å²) in [6.07, 6.45) is 9.54. The number of halogens is 1. The van der Waals surface area contributed by atoms with Crippen molar-refractivity contribution in [2.45, 2.75) is 64.8 Å². The Morgan fingerprint density at radius 2 is 2.05 bits per heavy atom. The van der Waals surface area contributed by atoms with Crippen LogP contribution in [0.5, 0.6) is 0 Å². The summed E-state index contributed by atoms with van der Waals surface area (Å²) in [6, 6.07) is 2.97. The minimum atomic E-state index is 0.679. The van der Waals surface area contributed by atoms with Gasteiger partial charge < -0.3 is 5.32 Å². The third kappa shape index (κ3) is 4.85. The van der Waals surface area contributed by atoms with Crippen molar-refractivity contribution in [1.82, 2.24) is 5.32 Å². The van der Waals surface area contributed by atoms with E-state index in [2.05, 4.69) is 46.5 Å². The summed E-state index contributed by atoms with van der Waals surface area (Å²) in [4.78, 5) is 1.52. The molecule has 1 heterocycles. The van der Waals surface area contributed by atoms with Gasteiger partial charge in [0.2, 0.25) is 0 Å². The number of thiophene rings is 1. The van der Waals surface area contributed by atoms with Crippen molar-refractivity contribution >= 4 is 27.3 Å². The van der Waals surface area contributed by atoms with Gasteiger partial charge in [0.1, 0.15) is 0 Å². The van der Waals surface area contributed by atoms with Gasteiger partial charge in [0.15, 0.2) is 0 Å². The van der Waals surface area contributed by atoms with E-state index in [0.717, 1.165) is 18.4 Å². The Labute approximate surface area is 136 Å². The molecule has 0 radical (unpaired) electrons. The third-order valence-electron chi connectivity index (χ3n) is 4.74. The molecule has 1 saturated carbocycles. The molecule has 1 aromatic heterocycles. The highest BCUT2D eigenvalue weighted by Gasteiger charge is 2.27. The maximum absolute atomic E-state index is 3.82. The Morgan fingerprint density at radius 3 is 2.60 bits per heavy atom. The van der Waals surface area contributed by atoms with Gasteiger partial charge in [-0.3, -0.25) is 0 Å². The molecule has 1 nitrogen and oxygen atoms in total. The van der Waals surface area contributed by atoms with E-state index in [1.165, 1.54) is 54.3 Å². The fourth-order valence-electron chi connectivity index (χ4n) is 3.41. The zero-order chi connectivity index (χ0) is 14.4. The predicted molar refractivity (Wildman–Crippen MR) is 93.5 cm³/mol. The van der Waals surface area contributed by atoms with Crippen molar-refractivity contribution in [3.63, 3.8) is 0 Å². The number of hydrogen-bond donors (Lipinski definition) is 1. The first-order valence-corrected chi connectivity index (χ1v) is 9.86. The Morgan fingerprint density at radius 1 is 1.30 bits per heavy atom. The van der Waals surface area contributed by atoms with Gasteiger partial charge in [-0.05, 0) is 66.1 Å². The van der Waals surface area contributed by atoms with Crippen LogP contribution in [0.3, 0.4) is 0 Å². The second-order valence-electron chi connectivity index (χ2n) is 6.19. The molecule has 114 valence electrons. The molecule has 3 heteroatoms. The normalized spacial score (nSPS) is 24.8. The molecule has 0 saturated heterocycles. The van der Waals surface area contributed by atoms with Crippen molar-refractivity contribution < 1.29 is 0 Å². The highest BCUT2D eigenvalue weighted by molar-refractivity contribution is 9.10. The monoisotopic (exact) mass is 357 g/mol. The van der Waals surface area contributed by atoms with Gasteiger partial charge >= 0.3 is 0 Å². The molecule has 20 heavy (non-hydrogen) atoms. The van der Waals surface area contributed by atoms with E-state index in [1.807, 2.05) is 11.3 Å². The average molecular weight is 358 g/mol. The fraction of sp³-hybridized carbons (Fsp3) is 0.765. The smallest absolute Gasteiger partial charge is 0.0285 e. The maximum Gasteiger partial charge on any atom is 0.0285 e. The van der Waals surface area contributed by atoms with Crippen LogP contribution in [-0.2, 0) is 6.42 Å². The molecule has 0 aliphatic heterocycles. The van der Waals surface area contributed by atoms with E-state index in [-0.39, 0.29) is 0 Å². The molecule has 1 aliphatic rings. The van der Waals surface area contributed by atoms with Crippen LogP contribution in [0.15, 0.2) is 15.9 Å². The van der Waals surface area contributed by atoms with Crippen molar-refractivity contribution in [2.75, 3.05) is 6.54 Å². The summed E-state index contributed by atoms with van der Waals surface area (Å²) in [6.45, 7) is 5.77. The highest BCUT2D eigenvalue weighted by Crippen LogP contribution is 2.34. The molecule has 0 amide bonds. The van der Waals surface area contributed by atoms with Gasteiger partial charge in [-0.15, -0.1) is 11.3 Å². The predicted octanol–water partition coefficient (Wildman–Crippen LogP) is 5.64. The maximum atomic E-state index is 3.82. The molecule has 0 spiro atoms. The van der Waals surface area contributed by atoms with Crippen molar-refractivity contribution in [1.29, 1.82) is 0 Å². The summed E-state index contributed by atoms with van der Waals surface area (Å²) >= 11 is 5.47. The van der Waals surface area contributed by atoms with Crippen molar-refractivity contribution in [2.24, 2.45) is 11.8 Å². The van der Waals surface area contributed by atoms with Crippen molar-refractivity contribution in [3.8, 4) is 0 Å². The van der Waals surface area contributed by atoms with Gasteiger partial charge in [0.25, 0.3) is 0 Å². The molecular formula is C17H28BrNS. The number of hydrogen-bond acceptors (Lipinski definition) is 2. The van der Waals surface area contributed by atoms with Crippen molar-refractivity contribution in [3.05, 3.63) is 20.8 Å². The Kier molecular flexibility index (Phi) is 7.06. The van der Waals surface area contributed by atoms with E-state index in [1.54, 1.807) is 0 Å².